The molecule has 0 aromatic heterocycles. The number of allylic oxidation sites excluding steroid dienone is 1. The molecule has 2 heterocycles. The van der Waals surface area contributed by atoms with E-state index in [0.29, 0.717) is 19.8 Å². The molecule has 3 atom stereocenters. The number of fused-ring (bicyclic) bond motifs is 1. The molecule has 0 spiro atoms. The van der Waals surface area contributed by atoms with E-state index >= 15 is 0 Å². The lowest BCUT2D eigenvalue weighted by Gasteiger charge is -2.32. The van der Waals surface area contributed by atoms with Crippen molar-refractivity contribution in [1.29, 1.82) is 0 Å². The molecule has 7 nitrogen and oxygen atoms in total. The van der Waals surface area contributed by atoms with E-state index in [4.69, 9.17) is 14.2 Å². The second-order valence-electron chi connectivity index (χ2n) is 8.38. The maximum atomic E-state index is 13.5. The topological polar surface area (TPSA) is 77.1 Å². The van der Waals surface area contributed by atoms with Crippen LogP contribution in [0.2, 0.25) is 0 Å². The van der Waals surface area contributed by atoms with Crippen LogP contribution < -0.4 is 5.32 Å². The third-order valence-electron chi connectivity index (χ3n) is 6.67. The van der Waals surface area contributed by atoms with Gasteiger partial charge in [0.1, 0.15) is 6.04 Å². The summed E-state index contributed by atoms with van der Waals surface area (Å²) in [6.07, 6.45) is 1.52. The standard InChI is InChI=1S/C24H29BrN2O5/c1-14(30-2)22(26-24(29)31-3)23(28)27-10-4-5-21(27)18-11-17(19-12-32-13-20(18)19)15-6-8-16(25)9-7-15/h6-9,14,21-22H,4-5,10-13H2,1-3H3,(H,26,29)/t14-,21+,22+/m1/s1. The largest absolute Gasteiger partial charge is 0.453 e. The van der Waals surface area contributed by atoms with Gasteiger partial charge in [0, 0.05) is 18.1 Å². The van der Waals surface area contributed by atoms with Crippen molar-refractivity contribution in [1.82, 2.24) is 10.2 Å². The number of likely N-dealkylation sites (tertiary alicyclic amines) is 1. The molecule has 0 radical (unpaired) electrons. The predicted molar refractivity (Wildman–Crippen MR) is 124 cm³/mol. The molecule has 32 heavy (non-hydrogen) atoms. The van der Waals surface area contributed by atoms with Crippen molar-refractivity contribution in [3.8, 4) is 0 Å². The van der Waals surface area contributed by atoms with Crippen molar-refractivity contribution in [2.45, 2.75) is 44.4 Å². The number of nitrogens with zero attached hydrogens (tertiary/aromatic N) is 1. The normalized spacial score (nSPS) is 22.2. The minimum Gasteiger partial charge on any atom is -0.453 e. The van der Waals surface area contributed by atoms with Crippen LogP contribution in [-0.2, 0) is 19.0 Å². The monoisotopic (exact) mass is 504 g/mol. The molecular weight excluding hydrogens is 476 g/mol. The molecule has 2 amide bonds. The van der Waals surface area contributed by atoms with E-state index in [2.05, 4.69) is 45.5 Å². The van der Waals surface area contributed by atoms with Gasteiger partial charge in [-0.1, -0.05) is 28.1 Å². The average Bonchev–Trinajstić information content (AvgIpc) is 3.53. The second-order valence-corrected chi connectivity index (χ2v) is 9.30. The summed E-state index contributed by atoms with van der Waals surface area (Å²) >= 11 is 3.51. The number of hydrogen-bond donors (Lipinski definition) is 1. The summed E-state index contributed by atoms with van der Waals surface area (Å²) in [6.45, 7) is 3.62. The first-order valence-corrected chi connectivity index (χ1v) is 11.7. The third-order valence-corrected chi connectivity index (χ3v) is 7.20. The predicted octanol–water partition coefficient (Wildman–Crippen LogP) is 3.68. The summed E-state index contributed by atoms with van der Waals surface area (Å²) < 4.78 is 17.0. The second kappa shape index (κ2) is 9.77. The van der Waals surface area contributed by atoms with Crippen molar-refractivity contribution in [3.63, 3.8) is 0 Å². The van der Waals surface area contributed by atoms with Gasteiger partial charge >= 0.3 is 6.09 Å². The van der Waals surface area contributed by atoms with Crippen LogP contribution in [0.3, 0.4) is 0 Å². The van der Waals surface area contributed by atoms with Crippen LogP contribution in [0, 0.1) is 0 Å². The van der Waals surface area contributed by atoms with E-state index in [1.165, 1.54) is 42.1 Å². The highest BCUT2D eigenvalue weighted by Gasteiger charge is 2.41. The Morgan fingerprint density at radius 3 is 2.56 bits per heavy atom. The average molecular weight is 505 g/mol. The van der Waals surface area contributed by atoms with Crippen LogP contribution in [0.4, 0.5) is 4.79 Å². The number of carbonyl (C=O) groups excluding carboxylic acids is 2. The number of rotatable bonds is 6. The van der Waals surface area contributed by atoms with Crippen LogP contribution >= 0.6 is 15.9 Å². The van der Waals surface area contributed by atoms with Gasteiger partial charge in [0.2, 0.25) is 5.91 Å². The lowest BCUT2D eigenvalue weighted by Crippen LogP contribution is -2.55. The number of alkyl carbamates (subject to hydrolysis) is 1. The van der Waals surface area contributed by atoms with Gasteiger partial charge in [0.25, 0.3) is 0 Å². The maximum absolute atomic E-state index is 13.5. The lowest BCUT2D eigenvalue weighted by atomic mass is 9.96. The van der Waals surface area contributed by atoms with E-state index in [1.807, 2.05) is 4.90 Å². The zero-order valence-electron chi connectivity index (χ0n) is 18.7. The summed E-state index contributed by atoms with van der Waals surface area (Å²) in [7, 11) is 2.82. The van der Waals surface area contributed by atoms with Crippen molar-refractivity contribution in [3.05, 3.63) is 51.0 Å². The molecule has 0 saturated carbocycles. The molecule has 2 fully saturated rings. The molecule has 8 heteroatoms. The number of methoxy groups -OCH3 is 2. The number of hydrogen-bond acceptors (Lipinski definition) is 5. The Kier molecular flexibility index (Phi) is 7.02. The fourth-order valence-electron chi connectivity index (χ4n) is 4.91. The molecule has 1 N–H and O–H groups in total. The molecule has 1 aromatic rings. The number of amides is 2. The first kappa shape index (κ1) is 23.0. The zero-order valence-corrected chi connectivity index (χ0v) is 20.2. The van der Waals surface area contributed by atoms with Gasteiger partial charge in [0.15, 0.2) is 0 Å². The molecule has 0 unspecified atom stereocenters. The summed E-state index contributed by atoms with van der Waals surface area (Å²) in [5.74, 6) is -0.141. The number of halogens is 1. The van der Waals surface area contributed by atoms with Gasteiger partial charge in [-0.15, -0.1) is 0 Å². The van der Waals surface area contributed by atoms with Gasteiger partial charge < -0.3 is 24.4 Å². The summed E-state index contributed by atoms with van der Waals surface area (Å²) in [6, 6.07) is 7.54. The zero-order chi connectivity index (χ0) is 22.8. The Morgan fingerprint density at radius 1 is 1.16 bits per heavy atom. The van der Waals surface area contributed by atoms with Crippen LogP contribution in [0.5, 0.6) is 0 Å². The third kappa shape index (κ3) is 4.36. The highest BCUT2D eigenvalue weighted by molar-refractivity contribution is 9.10. The van der Waals surface area contributed by atoms with Gasteiger partial charge in [-0.05, 0) is 66.2 Å². The van der Waals surface area contributed by atoms with Crippen LogP contribution in [-0.4, -0.2) is 69.1 Å². The molecule has 4 rings (SSSR count). The molecule has 172 valence electrons. The number of nitrogens with one attached hydrogen (secondary N) is 1. The van der Waals surface area contributed by atoms with Crippen molar-refractivity contribution < 1.29 is 23.8 Å². The fourth-order valence-corrected chi connectivity index (χ4v) is 5.17. The smallest absolute Gasteiger partial charge is 0.407 e. The van der Waals surface area contributed by atoms with E-state index in [9.17, 15) is 9.59 Å². The van der Waals surface area contributed by atoms with Gasteiger partial charge in [-0.3, -0.25) is 4.79 Å². The van der Waals surface area contributed by atoms with Crippen LogP contribution in [0.15, 0.2) is 45.5 Å². The van der Waals surface area contributed by atoms with Crippen LogP contribution in [0.1, 0.15) is 31.7 Å². The van der Waals surface area contributed by atoms with Crippen molar-refractivity contribution in [2.75, 3.05) is 34.0 Å². The Balaban J connectivity index is 1.59. The van der Waals surface area contributed by atoms with Crippen LogP contribution in [0.25, 0.3) is 5.57 Å². The SMILES string of the molecule is COC(=O)N[C@H](C(=O)N1CCC[C@H]1C1=C2COCC2=C(c2ccc(Br)cc2)C1)[C@@H](C)OC. The minimum absolute atomic E-state index is 0.00634. The molecule has 1 aromatic carbocycles. The Labute approximate surface area is 196 Å². The summed E-state index contributed by atoms with van der Waals surface area (Å²) in [4.78, 5) is 27.3. The van der Waals surface area contributed by atoms with E-state index in [0.717, 1.165) is 23.7 Å². The van der Waals surface area contributed by atoms with E-state index < -0.39 is 18.2 Å². The van der Waals surface area contributed by atoms with Crippen molar-refractivity contribution >= 4 is 33.5 Å². The highest BCUT2D eigenvalue weighted by Crippen LogP contribution is 2.45. The summed E-state index contributed by atoms with van der Waals surface area (Å²) in [5, 5.41) is 2.66. The molecule has 0 bridgehead atoms. The molecule has 3 aliphatic rings. The lowest BCUT2D eigenvalue weighted by molar-refractivity contribution is -0.136. The van der Waals surface area contributed by atoms with E-state index in [-0.39, 0.29) is 11.9 Å². The molecule has 2 aliphatic heterocycles. The van der Waals surface area contributed by atoms with Gasteiger partial charge in [-0.25, -0.2) is 4.79 Å². The Bertz CT molecular complexity index is 956. The number of carbonyl (C=O) groups is 2. The van der Waals surface area contributed by atoms with E-state index in [1.54, 1.807) is 6.92 Å². The first-order chi connectivity index (χ1) is 15.4. The molecular formula is C24H29BrN2O5. The minimum atomic E-state index is -0.807. The maximum Gasteiger partial charge on any atom is 0.407 e. The summed E-state index contributed by atoms with van der Waals surface area (Å²) in [5.41, 5.74) is 6.24. The number of ether oxygens (including phenoxy) is 3. The van der Waals surface area contributed by atoms with Gasteiger partial charge in [-0.2, -0.15) is 0 Å². The quantitative estimate of drug-likeness (QED) is 0.639. The Hall–Kier alpha value is -2.16. The van der Waals surface area contributed by atoms with Gasteiger partial charge in [0.05, 0.1) is 32.5 Å². The fraction of sp³-hybridized carbons (Fsp3) is 0.500. The first-order valence-electron chi connectivity index (χ1n) is 10.9. The Morgan fingerprint density at radius 2 is 1.88 bits per heavy atom. The van der Waals surface area contributed by atoms with Crippen molar-refractivity contribution in [2.24, 2.45) is 0 Å². The highest BCUT2D eigenvalue weighted by atomic mass is 79.9. The molecule has 2 saturated heterocycles. The number of benzene rings is 1. The molecule has 1 aliphatic carbocycles.